The molecule has 1 amide bonds. The number of methoxy groups -OCH3 is 1. The maximum atomic E-state index is 12.9. The highest BCUT2D eigenvalue weighted by atomic mass is 79.9. The number of sulfonamides is 1. The van der Waals surface area contributed by atoms with Crippen LogP contribution in [0.4, 0.5) is 18.9 Å². The Morgan fingerprint density at radius 3 is 2.35 bits per heavy atom. The standard InChI is InChI=1S/C22H18BrF3N2O5S/c1-32-20-5-3-2-4-14(20)13-27-21(29)18-12-15(23)6-11-19(18)28-34(30,31)17-9-7-16(8-10-17)33-22(24,25)26/h2-12,28H,13H2,1H3,(H,27,29). The zero-order valence-corrected chi connectivity index (χ0v) is 19.9. The first kappa shape index (κ1) is 25.4. The molecule has 0 saturated carbocycles. The molecular formula is C22H18BrF3N2O5S. The van der Waals surface area contributed by atoms with Crippen LogP contribution in [0.15, 0.2) is 76.1 Å². The number of carbonyl (C=O) groups is 1. The van der Waals surface area contributed by atoms with Crippen molar-refractivity contribution in [3.63, 3.8) is 0 Å². The number of hydrogen-bond acceptors (Lipinski definition) is 5. The first-order valence-electron chi connectivity index (χ1n) is 9.57. The van der Waals surface area contributed by atoms with E-state index in [4.69, 9.17) is 4.74 Å². The lowest BCUT2D eigenvalue weighted by Gasteiger charge is -2.15. The van der Waals surface area contributed by atoms with Crippen LogP contribution in [-0.4, -0.2) is 27.8 Å². The molecule has 12 heteroatoms. The minimum Gasteiger partial charge on any atom is -0.496 e. The molecule has 2 N–H and O–H groups in total. The Balaban J connectivity index is 1.80. The average molecular weight is 559 g/mol. The predicted molar refractivity (Wildman–Crippen MR) is 122 cm³/mol. The number of para-hydroxylation sites is 1. The van der Waals surface area contributed by atoms with Gasteiger partial charge in [-0.15, -0.1) is 13.2 Å². The van der Waals surface area contributed by atoms with E-state index in [1.165, 1.54) is 25.3 Å². The molecule has 0 aliphatic rings. The third-order valence-electron chi connectivity index (χ3n) is 4.47. The van der Waals surface area contributed by atoms with Crippen molar-refractivity contribution in [2.75, 3.05) is 11.8 Å². The first-order valence-corrected chi connectivity index (χ1v) is 11.8. The average Bonchev–Trinajstić information content (AvgIpc) is 2.78. The van der Waals surface area contributed by atoms with Crippen LogP contribution in [0.5, 0.6) is 11.5 Å². The van der Waals surface area contributed by atoms with E-state index in [0.29, 0.717) is 10.2 Å². The Morgan fingerprint density at radius 2 is 1.71 bits per heavy atom. The van der Waals surface area contributed by atoms with Crippen molar-refractivity contribution in [2.24, 2.45) is 0 Å². The van der Waals surface area contributed by atoms with Crippen molar-refractivity contribution >= 4 is 37.5 Å². The first-order chi connectivity index (χ1) is 16.0. The second-order valence-corrected chi connectivity index (χ2v) is 9.41. The molecule has 0 unspecified atom stereocenters. The number of alkyl halides is 3. The lowest BCUT2D eigenvalue weighted by molar-refractivity contribution is -0.274. The van der Waals surface area contributed by atoms with E-state index in [9.17, 15) is 26.4 Å². The van der Waals surface area contributed by atoms with Crippen molar-refractivity contribution in [3.05, 3.63) is 82.3 Å². The van der Waals surface area contributed by atoms with Crippen molar-refractivity contribution < 1.29 is 35.9 Å². The highest BCUT2D eigenvalue weighted by Crippen LogP contribution is 2.27. The van der Waals surface area contributed by atoms with Crippen molar-refractivity contribution in [1.82, 2.24) is 5.32 Å². The fraction of sp³-hybridized carbons (Fsp3) is 0.136. The van der Waals surface area contributed by atoms with E-state index in [0.717, 1.165) is 29.8 Å². The van der Waals surface area contributed by atoms with E-state index in [2.05, 4.69) is 30.7 Å². The number of benzene rings is 3. The number of ether oxygens (including phenoxy) is 2. The van der Waals surface area contributed by atoms with Gasteiger partial charge in [0.05, 0.1) is 23.3 Å². The van der Waals surface area contributed by atoms with Crippen LogP contribution in [0, 0.1) is 0 Å². The summed E-state index contributed by atoms with van der Waals surface area (Å²) in [5.41, 5.74) is 0.734. The lowest BCUT2D eigenvalue weighted by atomic mass is 10.1. The maximum absolute atomic E-state index is 12.9. The van der Waals surface area contributed by atoms with Gasteiger partial charge in [0.25, 0.3) is 15.9 Å². The summed E-state index contributed by atoms with van der Waals surface area (Å²) in [7, 11) is -2.72. The molecule has 0 fully saturated rings. The molecular weight excluding hydrogens is 541 g/mol. The van der Waals surface area contributed by atoms with E-state index in [-0.39, 0.29) is 22.7 Å². The Kier molecular flexibility index (Phi) is 7.72. The second kappa shape index (κ2) is 10.3. The van der Waals surface area contributed by atoms with Gasteiger partial charge in [0.1, 0.15) is 11.5 Å². The van der Waals surface area contributed by atoms with Gasteiger partial charge in [0.15, 0.2) is 0 Å². The summed E-state index contributed by atoms with van der Waals surface area (Å²) in [5, 5.41) is 2.71. The predicted octanol–water partition coefficient (Wildman–Crippen LogP) is 5.09. The molecule has 0 heterocycles. The zero-order chi connectivity index (χ0) is 24.9. The quantitative estimate of drug-likeness (QED) is 0.401. The lowest BCUT2D eigenvalue weighted by Crippen LogP contribution is -2.25. The Bertz CT molecular complexity index is 1280. The SMILES string of the molecule is COc1ccccc1CNC(=O)c1cc(Br)ccc1NS(=O)(=O)c1ccc(OC(F)(F)F)cc1. The van der Waals surface area contributed by atoms with Crippen molar-refractivity contribution in [2.45, 2.75) is 17.8 Å². The van der Waals surface area contributed by atoms with Crippen LogP contribution in [0.1, 0.15) is 15.9 Å². The summed E-state index contributed by atoms with van der Waals surface area (Å²) in [6.07, 6.45) is -4.90. The van der Waals surface area contributed by atoms with Crippen molar-refractivity contribution in [1.29, 1.82) is 0 Å². The van der Waals surface area contributed by atoms with Gasteiger partial charge in [-0.1, -0.05) is 34.1 Å². The van der Waals surface area contributed by atoms with Crippen LogP contribution in [-0.2, 0) is 16.6 Å². The third-order valence-corrected chi connectivity index (χ3v) is 6.34. The summed E-state index contributed by atoms with van der Waals surface area (Å²) < 4.78 is 74.4. The molecule has 0 radical (unpaired) electrons. The monoisotopic (exact) mass is 558 g/mol. The number of carbonyl (C=O) groups excluding carboxylic acids is 1. The van der Waals surface area contributed by atoms with Gasteiger partial charge in [-0.25, -0.2) is 8.42 Å². The number of amides is 1. The van der Waals surface area contributed by atoms with E-state index in [1.54, 1.807) is 24.3 Å². The molecule has 0 spiro atoms. The number of rotatable bonds is 8. The van der Waals surface area contributed by atoms with E-state index < -0.39 is 28.0 Å². The number of nitrogens with one attached hydrogen (secondary N) is 2. The van der Waals surface area contributed by atoms with E-state index >= 15 is 0 Å². The summed E-state index contributed by atoms with van der Waals surface area (Å²) in [4.78, 5) is 12.5. The van der Waals surface area contributed by atoms with Gasteiger partial charge in [-0.05, 0) is 48.5 Å². The summed E-state index contributed by atoms with van der Waals surface area (Å²) in [6, 6.07) is 15.1. The second-order valence-electron chi connectivity index (χ2n) is 6.81. The zero-order valence-electron chi connectivity index (χ0n) is 17.5. The molecule has 0 atom stereocenters. The van der Waals surface area contributed by atoms with Gasteiger partial charge in [0.2, 0.25) is 0 Å². The topological polar surface area (TPSA) is 93.7 Å². The van der Waals surface area contributed by atoms with Crippen LogP contribution in [0.2, 0.25) is 0 Å². The van der Waals surface area contributed by atoms with E-state index in [1.807, 2.05) is 0 Å². The van der Waals surface area contributed by atoms with Crippen LogP contribution >= 0.6 is 15.9 Å². The molecule has 0 bridgehead atoms. The number of halogens is 4. The minimum absolute atomic E-state index is 0.0173. The van der Waals surface area contributed by atoms with Gasteiger partial charge < -0.3 is 14.8 Å². The van der Waals surface area contributed by atoms with Gasteiger partial charge in [0, 0.05) is 16.6 Å². The molecule has 3 aromatic rings. The summed E-state index contributed by atoms with van der Waals surface area (Å²) >= 11 is 3.26. The fourth-order valence-corrected chi connectivity index (χ4v) is 4.38. The molecule has 0 aromatic heterocycles. The maximum Gasteiger partial charge on any atom is 0.573 e. The third kappa shape index (κ3) is 6.64. The highest BCUT2D eigenvalue weighted by Gasteiger charge is 2.31. The fourth-order valence-electron chi connectivity index (χ4n) is 2.94. The van der Waals surface area contributed by atoms with Gasteiger partial charge >= 0.3 is 6.36 Å². The summed E-state index contributed by atoms with van der Waals surface area (Å²) in [6.45, 7) is 0.127. The van der Waals surface area contributed by atoms with Crippen LogP contribution in [0.25, 0.3) is 0 Å². The molecule has 3 rings (SSSR count). The number of hydrogen-bond donors (Lipinski definition) is 2. The van der Waals surface area contributed by atoms with Crippen molar-refractivity contribution in [3.8, 4) is 11.5 Å². The molecule has 0 saturated heterocycles. The largest absolute Gasteiger partial charge is 0.573 e. The Labute approximate surface area is 202 Å². The highest BCUT2D eigenvalue weighted by molar-refractivity contribution is 9.10. The Hall–Kier alpha value is -3.25. The smallest absolute Gasteiger partial charge is 0.496 e. The molecule has 180 valence electrons. The molecule has 0 aliphatic heterocycles. The van der Waals surface area contributed by atoms with Crippen LogP contribution < -0.4 is 19.5 Å². The van der Waals surface area contributed by atoms with Crippen LogP contribution in [0.3, 0.4) is 0 Å². The Morgan fingerprint density at radius 1 is 1.03 bits per heavy atom. The normalized spacial score (nSPS) is 11.6. The number of anilines is 1. The summed E-state index contributed by atoms with van der Waals surface area (Å²) in [5.74, 6) is -0.541. The minimum atomic E-state index is -4.90. The molecule has 3 aromatic carbocycles. The van der Waals surface area contributed by atoms with Gasteiger partial charge in [-0.3, -0.25) is 9.52 Å². The van der Waals surface area contributed by atoms with Gasteiger partial charge in [-0.2, -0.15) is 0 Å². The molecule has 7 nitrogen and oxygen atoms in total. The molecule has 34 heavy (non-hydrogen) atoms. The molecule has 0 aliphatic carbocycles.